The van der Waals surface area contributed by atoms with Crippen LogP contribution in [0.4, 0.5) is 11.8 Å². The fraction of sp³-hybridized carbons (Fsp3) is 0.278. The Balaban J connectivity index is 1.34. The molecule has 0 atom stereocenters. The summed E-state index contributed by atoms with van der Waals surface area (Å²) in [7, 11) is 0. The highest BCUT2D eigenvalue weighted by molar-refractivity contribution is 5.59. The summed E-state index contributed by atoms with van der Waals surface area (Å²) >= 11 is 0. The molecule has 9 heteroatoms. The van der Waals surface area contributed by atoms with Crippen LogP contribution in [0.3, 0.4) is 0 Å². The zero-order chi connectivity index (χ0) is 18.2. The second-order valence-electron chi connectivity index (χ2n) is 6.61. The molecule has 3 N–H and O–H groups in total. The van der Waals surface area contributed by atoms with E-state index in [0.29, 0.717) is 23.2 Å². The first kappa shape index (κ1) is 15.9. The van der Waals surface area contributed by atoms with Crippen LogP contribution in [0.15, 0.2) is 47.2 Å². The molecule has 0 unspecified atom stereocenters. The van der Waals surface area contributed by atoms with Crippen LogP contribution in [0.5, 0.6) is 0 Å². The number of aromatic nitrogens is 5. The molecule has 4 aromatic rings. The van der Waals surface area contributed by atoms with Crippen molar-refractivity contribution in [1.82, 2.24) is 29.5 Å². The number of hydrogen-bond donors (Lipinski definition) is 2. The highest BCUT2D eigenvalue weighted by atomic mass is 16.3. The molecule has 1 aliphatic rings. The topological polar surface area (TPSA) is 105 Å². The van der Waals surface area contributed by atoms with E-state index in [1.165, 1.54) is 5.69 Å². The number of nitrogens with zero attached hydrogens (tertiary/aromatic N) is 6. The lowest BCUT2D eigenvalue weighted by Crippen LogP contribution is -2.46. The van der Waals surface area contributed by atoms with E-state index in [4.69, 9.17) is 10.2 Å². The van der Waals surface area contributed by atoms with Gasteiger partial charge in [-0.3, -0.25) is 4.90 Å². The average molecular weight is 364 g/mol. The minimum absolute atomic E-state index is 0.321. The van der Waals surface area contributed by atoms with Gasteiger partial charge in [0.2, 0.25) is 11.8 Å². The zero-order valence-corrected chi connectivity index (χ0v) is 14.7. The zero-order valence-electron chi connectivity index (χ0n) is 14.7. The van der Waals surface area contributed by atoms with Crippen LogP contribution in [0, 0.1) is 0 Å². The van der Waals surface area contributed by atoms with E-state index >= 15 is 0 Å². The molecule has 0 aliphatic carbocycles. The van der Waals surface area contributed by atoms with E-state index in [-0.39, 0.29) is 0 Å². The normalized spacial score (nSPS) is 15.6. The van der Waals surface area contributed by atoms with Gasteiger partial charge < -0.3 is 20.0 Å². The molecular formula is C18H20N8O. The Morgan fingerprint density at radius 2 is 2.00 bits per heavy atom. The molecule has 1 fully saturated rings. The lowest BCUT2D eigenvalue weighted by Gasteiger charge is -2.35. The van der Waals surface area contributed by atoms with Gasteiger partial charge in [0.05, 0.1) is 6.26 Å². The number of aromatic amines is 1. The van der Waals surface area contributed by atoms with E-state index < -0.39 is 0 Å². The fourth-order valence-corrected chi connectivity index (χ4v) is 3.41. The first-order valence-electron chi connectivity index (χ1n) is 8.93. The van der Waals surface area contributed by atoms with Gasteiger partial charge in [-0.05, 0) is 24.3 Å². The summed E-state index contributed by atoms with van der Waals surface area (Å²) in [5.74, 6) is 2.26. The van der Waals surface area contributed by atoms with Crippen LogP contribution in [0.1, 0.15) is 5.69 Å². The van der Waals surface area contributed by atoms with Gasteiger partial charge in [0.15, 0.2) is 11.4 Å². The van der Waals surface area contributed by atoms with Gasteiger partial charge >= 0.3 is 0 Å². The van der Waals surface area contributed by atoms with Gasteiger partial charge in [-0.25, -0.2) is 4.98 Å². The van der Waals surface area contributed by atoms with Crippen molar-refractivity contribution in [2.24, 2.45) is 0 Å². The Morgan fingerprint density at radius 1 is 1.11 bits per heavy atom. The van der Waals surface area contributed by atoms with Crippen molar-refractivity contribution >= 4 is 17.4 Å². The van der Waals surface area contributed by atoms with E-state index in [2.05, 4.69) is 35.9 Å². The molecule has 0 spiro atoms. The second kappa shape index (κ2) is 6.44. The monoisotopic (exact) mass is 364 g/mol. The van der Waals surface area contributed by atoms with Crippen molar-refractivity contribution in [2.45, 2.75) is 6.54 Å². The average Bonchev–Trinajstić information content (AvgIpc) is 3.43. The van der Waals surface area contributed by atoms with Crippen LogP contribution >= 0.6 is 0 Å². The van der Waals surface area contributed by atoms with Crippen LogP contribution in [0.25, 0.3) is 17.2 Å². The number of fused-ring (bicyclic) bond motifs is 1. The molecule has 0 aromatic carbocycles. The molecule has 1 aliphatic heterocycles. The van der Waals surface area contributed by atoms with Crippen molar-refractivity contribution in [3.8, 4) is 11.6 Å². The summed E-state index contributed by atoms with van der Waals surface area (Å²) in [5.41, 5.74) is 8.03. The predicted molar refractivity (Wildman–Crippen MR) is 101 cm³/mol. The smallest absolute Gasteiger partial charge is 0.225 e. The van der Waals surface area contributed by atoms with Crippen LogP contribution in [-0.4, -0.2) is 55.6 Å². The van der Waals surface area contributed by atoms with E-state index in [1.807, 2.05) is 24.4 Å². The minimum atomic E-state index is 0.321. The van der Waals surface area contributed by atoms with Gasteiger partial charge in [0.25, 0.3) is 0 Å². The Hall–Kier alpha value is -3.33. The molecule has 0 radical (unpaired) electrons. The molecule has 27 heavy (non-hydrogen) atoms. The lowest BCUT2D eigenvalue weighted by molar-refractivity contribution is 0.247. The fourth-order valence-electron chi connectivity index (χ4n) is 3.41. The summed E-state index contributed by atoms with van der Waals surface area (Å²) in [5, 5.41) is 4.39. The van der Waals surface area contributed by atoms with E-state index in [0.717, 1.165) is 38.5 Å². The number of H-pyrrole nitrogens is 1. The molecule has 1 saturated heterocycles. The second-order valence-corrected chi connectivity index (χ2v) is 6.61. The van der Waals surface area contributed by atoms with Crippen molar-refractivity contribution < 1.29 is 4.42 Å². The molecule has 0 amide bonds. The molecule has 9 nitrogen and oxygen atoms in total. The molecule has 0 saturated carbocycles. The predicted octanol–water partition coefficient (Wildman–Crippen LogP) is 1.62. The number of nitrogens with one attached hydrogen (secondary N) is 1. The number of rotatable bonds is 4. The number of furan rings is 1. The standard InChI is InChI=1S/C18H20N8O/c19-18-22-15(11-16-21-17(23-26(16)18)14-4-2-10-27-14)25-8-6-24(7-9-25)12-13-3-1-5-20-13/h1-5,10-11,20H,6-9,12H2,(H2,19,22). The quantitative estimate of drug-likeness (QED) is 0.567. The van der Waals surface area contributed by atoms with E-state index in [9.17, 15) is 0 Å². The Kier molecular flexibility index (Phi) is 3.79. The Bertz CT molecular complexity index is 1030. The lowest BCUT2D eigenvalue weighted by atomic mass is 10.3. The minimum Gasteiger partial charge on any atom is -0.461 e. The maximum absolute atomic E-state index is 6.13. The number of anilines is 2. The Labute approximate surface area is 155 Å². The molecule has 5 rings (SSSR count). The van der Waals surface area contributed by atoms with Crippen LogP contribution in [0.2, 0.25) is 0 Å². The first-order chi connectivity index (χ1) is 13.3. The summed E-state index contributed by atoms with van der Waals surface area (Å²) in [6.07, 6.45) is 3.56. The third-order valence-corrected chi connectivity index (χ3v) is 4.83. The molecule has 138 valence electrons. The molecule has 4 aromatic heterocycles. The third-order valence-electron chi connectivity index (χ3n) is 4.83. The van der Waals surface area contributed by atoms with Gasteiger partial charge in [-0.15, -0.1) is 5.10 Å². The van der Waals surface area contributed by atoms with Crippen LogP contribution in [-0.2, 0) is 6.54 Å². The maximum Gasteiger partial charge on any atom is 0.225 e. The van der Waals surface area contributed by atoms with Crippen LogP contribution < -0.4 is 10.6 Å². The Morgan fingerprint density at radius 3 is 2.74 bits per heavy atom. The molecular weight excluding hydrogens is 344 g/mol. The molecule has 5 heterocycles. The van der Waals surface area contributed by atoms with Gasteiger partial charge in [0, 0.05) is 50.7 Å². The van der Waals surface area contributed by atoms with Crippen molar-refractivity contribution in [1.29, 1.82) is 0 Å². The highest BCUT2D eigenvalue weighted by Crippen LogP contribution is 2.22. The van der Waals surface area contributed by atoms with Crippen molar-refractivity contribution in [2.75, 3.05) is 36.8 Å². The van der Waals surface area contributed by atoms with Gasteiger partial charge in [-0.1, -0.05) is 0 Å². The van der Waals surface area contributed by atoms with Gasteiger partial charge in [-0.2, -0.15) is 9.50 Å². The van der Waals surface area contributed by atoms with Gasteiger partial charge in [0.1, 0.15) is 5.82 Å². The van der Waals surface area contributed by atoms with Crippen molar-refractivity contribution in [3.63, 3.8) is 0 Å². The number of nitrogen functional groups attached to an aromatic ring is 1. The van der Waals surface area contributed by atoms with Crippen molar-refractivity contribution in [3.05, 3.63) is 48.5 Å². The number of piperazine rings is 1. The molecule has 0 bridgehead atoms. The maximum atomic E-state index is 6.13. The summed E-state index contributed by atoms with van der Waals surface area (Å²) in [6.45, 7) is 4.66. The first-order valence-corrected chi connectivity index (χ1v) is 8.93. The highest BCUT2D eigenvalue weighted by Gasteiger charge is 2.20. The third kappa shape index (κ3) is 3.02. The SMILES string of the molecule is Nc1nc(N2CCN(Cc3ccc[nH]3)CC2)cc2nc(-c3ccco3)nn12. The van der Waals surface area contributed by atoms with E-state index in [1.54, 1.807) is 16.8 Å². The summed E-state index contributed by atoms with van der Waals surface area (Å²) in [6, 6.07) is 9.70. The largest absolute Gasteiger partial charge is 0.461 e. The summed E-state index contributed by atoms with van der Waals surface area (Å²) < 4.78 is 6.92. The summed E-state index contributed by atoms with van der Waals surface area (Å²) in [4.78, 5) is 17.0. The number of nitrogens with two attached hydrogens (primary N) is 1. The number of hydrogen-bond acceptors (Lipinski definition) is 7.